The van der Waals surface area contributed by atoms with Crippen LogP contribution in [0.5, 0.6) is 0 Å². The monoisotopic (exact) mass is 342 g/mol. The highest BCUT2D eigenvalue weighted by molar-refractivity contribution is 6.35. The first kappa shape index (κ1) is 16.0. The molecule has 1 amide bonds. The largest absolute Gasteiger partial charge is 0.375 e. The van der Waals surface area contributed by atoms with E-state index in [1.54, 1.807) is 36.4 Å². The topological polar surface area (TPSA) is 41.1 Å². The summed E-state index contributed by atoms with van der Waals surface area (Å²) in [6.45, 7) is 1.95. The molecule has 2 aromatic rings. The molecule has 0 unspecified atom stereocenters. The van der Waals surface area contributed by atoms with Gasteiger partial charge in [-0.3, -0.25) is 4.79 Å². The van der Waals surface area contributed by atoms with Crippen molar-refractivity contribution in [1.29, 1.82) is 0 Å². The van der Waals surface area contributed by atoms with E-state index in [2.05, 4.69) is 10.6 Å². The summed E-state index contributed by atoms with van der Waals surface area (Å²) in [6, 6.07) is 10.3. The van der Waals surface area contributed by atoms with Crippen LogP contribution in [-0.4, -0.2) is 12.5 Å². The molecule has 0 spiro atoms. The van der Waals surface area contributed by atoms with Gasteiger partial charge in [0.2, 0.25) is 5.91 Å². The number of hydrogen-bond donors (Lipinski definition) is 2. The van der Waals surface area contributed by atoms with Crippen LogP contribution in [0.2, 0.25) is 15.1 Å². The molecule has 6 heteroatoms. The normalized spacial score (nSPS) is 10.3. The second-order valence-electron chi connectivity index (χ2n) is 4.49. The third kappa shape index (κ3) is 4.53. The molecule has 0 aromatic heterocycles. The van der Waals surface area contributed by atoms with Gasteiger partial charge in [-0.1, -0.05) is 34.8 Å². The molecule has 2 aromatic carbocycles. The maximum absolute atomic E-state index is 11.9. The molecular formula is C15H13Cl3N2O. The summed E-state index contributed by atoms with van der Waals surface area (Å²) in [7, 11) is 0. The molecule has 0 aliphatic rings. The van der Waals surface area contributed by atoms with Crippen molar-refractivity contribution in [2.24, 2.45) is 0 Å². The van der Waals surface area contributed by atoms with Gasteiger partial charge in [0, 0.05) is 15.7 Å². The predicted octanol–water partition coefficient (Wildman–Crippen LogP) is 5.01. The number of hydrogen-bond acceptors (Lipinski definition) is 2. The van der Waals surface area contributed by atoms with Crippen molar-refractivity contribution in [3.63, 3.8) is 0 Å². The van der Waals surface area contributed by atoms with Crippen LogP contribution in [0.3, 0.4) is 0 Å². The molecule has 0 aliphatic heterocycles. The van der Waals surface area contributed by atoms with Crippen molar-refractivity contribution >= 4 is 52.1 Å². The maximum Gasteiger partial charge on any atom is 0.243 e. The minimum atomic E-state index is -0.190. The van der Waals surface area contributed by atoms with Crippen LogP contribution in [0.1, 0.15) is 5.56 Å². The molecule has 110 valence electrons. The Morgan fingerprint density at radius 3 is 2.38 bits per heavy atom. The van der Waals surface area contributed by atoms with E-state index in [1.165, 1.54) is 0 Å². The van der Waals surface area contributed by atoms with Gasteiger partial charge in [-0.25, -0.2) is 0 Å². The van der Waals surface area contributed by atoms with Crippen molar-refractivity contribution in [2.75, 3.05) is 17.2 Å². The van der Waals surface area contributed by atoms with Crippen molar-refractivity contribution in [3.8, 4) is 0 Å². The molecule has 0 bridgehead atoms. The molecule has 0 saturated heterocycles. The number of nitrogens with one attached hydrogen (secondary N) is 2. The summed E-state index contributed by atoms with van der Waals surface area (Å²) < 4.78 is 0. The van der Waals surface area contributed by atoms with E-state index >= 15 is 0 Å². The molecule has 0 aliphatic carbocycles. The Labute approximate surface area is 138 Å². The van der Waals surface area contributed by atoms with E-state index in [-0.39, 0.29) is 12.5 Å². The van der Waals surface area contributed by atoms with Crippen molar-refractivity contribution in [2.45, 2.75) is 6.92 Å². The maximum atomic E-state index is 11.9. The second kappa shape index (κ2) is 7.03. The number of anilines is 2. The molecule has 0 heterocycles. The molecule has 0 atom stereocenters. The standard InChI is InChI=1S/C15H13Cl3N2O/c1-9-6-13(18)14(7-12(9)17)19-8-15(21)20-11-4-2-10(16)3-5-11/h2-7,19H,8H2,1H3,(H,20,21). The van der Waals surface area contributed by atoms with Gasteiger partial charge in [0.05, 0.1) is 17.3 Å². The Bertz CT molecular complexity index is 657. The number of amides is 1. The lowest BCUT2D eigenvalue weighted by molar-refractivity contribution is -0.114. The highest BCUT2D eigenvalue weighted by Crippen LogP contribution is 2.28. The zero-order valence-corrected chi connectivity index (χ0v) is 13.5. The van der Waals surface area contributed by atoms with Gasteiger partial charge in [0.15, 0.2) is 0 Å². The van der Waals surface area contributed by atoms with Crippen LogP contribution in [0.4, 0.5) is 11.4 Å². The molecular weight excluding hydrogens is 331 g/mol. The zero-order valence-electron chi connectivity index (χ0n) is 11.2. The number of rotatable bonds is 4. The minimum absolute atomic E-state index is 0.0851. The van der Waals surface area contributed by atoms with E-state index in [0.29, 0.717) is 26.4 Å². The van der Waals surface area contributed by atoms with Crippen LogP contribution in [0.25, 0.3) is 0 Å². The summed E-state index contributed by atoms with van der Waals surface area (Å²) in [5.41, 5.74) is 2.19. The average molecular weight is 344 g/mol. The number of benzene rings is 2. The first-order valence-electron chi connectivity index (χ1n) is 6.20. The van der Waals surface area contributed by atoms with Crippen molar-refractivity contribution in [3.05, 3.63) is 57.0 Å². The van der Waals surface area contributed by atoms with Gasteiger partial charge in [0.25, 0.3) is 0 Å². The number of carbonyl (C=O) groups excluding carboxylic acids is 1. The lowest BCUT2D eigenvalue weighted by Crippen LogP contribution is -2.21. The lowest BCUT2D eigenvalue weighted by Gasteiger charge is -2.11. The fourth-order valence-corrected chi connectivity index (χ4v) is 2.27. The van der Waals surface area contributed by atoms with E-state index in [1.807, 2.05) is 6.92 Å². The summed E-state index contributed by atoms with van der Waals surface area (Å²) in [4.78, 5) is 11.9. The zero-order chi connectivity index (χ0) is 15.4. The van der Waals surface area contributed by atoms with Crippen molar-refractivity contribution < 1.29 is 4.79 Å². The van der Waals surface area contributed by atoms with Crippen LogP contribution in [0, 0.1) is 6.92 Å². The predicted molar refractivity (Wildman–Crippen MR) is 89.8 cm³/mol. The summed E-state index contributed by atoms with van der Waals surface area (Å²) >= 11 is 17.9. The average Bonchev–Trinajstić information content (AvgIpc) is 2.44. The number of aryl methyl sites for hydroxylation is 1. The fourth-order valence-electron chi connectivity index (χ4n) is 1.70. The van der Waals surface area contributed by atoms with Gasteiger partial charge in [0.1, 0.15) is 0 Å². The van der Waals surface area contributed by atoms with E-state index < -0.39 is 0 Å². The van der Waals surface area contributed by atoms with E-state index in [0.717, 1.165) is 5.56 Å². The Kier molecular flexibility index (Phi) is 5.34. The Hall–Kier alpha value is -1.42. The molecule has 2 rings (SSSR count). The lowest BCUT2D eigenvalue weighted by atomic mass is 10.2. The third-order valence-electron chi connectivity index (χ3n) is 2.82. The quantitative estimate of drug-likeness (QED) is 0.819. The first-order chi connectivity index (χ1) is 9.95. The van der Waals surface area contributed by atoms with Gasteiger partial charge in [-0.05, 0) is 48.9 Å². The van der Waals surface area contributed by atoms with Crippen LogP contribution >= 0.6 is 34.8 Å². The van der Waals surface area contributed by atoms with Gasteiger partial charge in [-0.2, -0.15) is 0 Å². The van der Waals surface area contributed by atoms with E-state index in [9.17, 15) is 4.79 Å². The Morgan fingerprint density at radius 1 is 1.05 bits per heavy atom. The molecule has 0 radical (unpaired) electrons. The van der Waals surface area contributed by atoms with Crippen LogP contribution < -0.4 is 10.6 Å². The summed E-state index contributed by atoms with van der Waals surface area (Å²) in [6.07, 6.45) is 0. The molecule has 0 saturated carbocycles. The van der Waals surface area contributed by atoms with Crippen molar-refractivity contribution in [1.82, 2.24) is 0 Å². The van der Waals surface area contributed by atoms with Gasteiger partial charge in [-0.15, -0.1) is 0 Å². The number of carbonyl (C=O) groups is 1. The van der Waals surface area contributed by atoms with Crippen LogP contribution in [-0.2, 0) is 4.79 Å². The highest BCUT2D eigenvalue weighted by Gasteiger charge is 2.07. The summed E-state index contributed by atoms with van der Waals surface area (Å²) in [5, 5.41) is 7.45. The van der Waals surface area contributed by atoms with E-state index in [4.69, 9.17) is 34.8 Å². The number of halogens is 3. The summed E-state index contributed by atoms with van der Waals surface area (Å²) in [5.74, 6) is -0.190. The first-order valence-corrected chi connectivity index (χ1v) is 7.34. The Morgan fingerprint density at radius 2 is 1.71 bits per heavy atom. The van der Waals surface area contributed by atoms with Crippen LogP contribution in [0.15, 0.2) is 36.4 Å². The molecule has 3 nitrogen and oxygen atoms in total. The Balaban J connectivity index is 1.95. The molecule has 2 N–H and O–H groups in total. The molecule has 21 heavy (non-hydrogen) atoms. The fraction of sp³-hybridized carbons (Fsp3) is 0.133. The molecule has 0 fully saturated rings. The van der Waals surface area contributed by atoms with Gasteiger partial charge < -0.3 is 10.6 Å². The minimum Gasteiger partial charge on any atom is -0.375 e. The second-order valence-corrected chi connectivity index (χ2v) is 5.74. The third-order valence-corrected chi connectivity index (χ3v) is 3.79. The van der Waals surface area contributed by atoms with Gasteiger partial charge >= 0.3 is 0 Å². The smallest absolute Gasteiger partial charge is 0.243 e. The highest BCUT2D eigenvalue weighted by atomic mass is 35.5. The SMILES string of the molecule is Cc1cc(Cl)c(NCC(=O)Nc2ccc(Cl)cc2)cc1Cl.